The molecule has 2 aromatic heterocycles. The summed E-state index contributed by atoms with van der Waals surface area (Å²) in [5.74, 6) is 2.68. The van der Waals surface area contributed by atoms with Crippen LogP contribution in [-0.4, -0.2) is 50.0 Å². The lowest BCUT2D eigenvalue weighted by Crippen LogP contribution is -2.34. The number of aryl methyl sites for hydroxylation is 3. The predicted molar refractivity (Wildman–Crippen MR) is 149 cm³/mol. The van der Waals surface area contributed by atoms with Crippen LogP contribution < -0.4 is 14.8 Å². The van der Waals surface area contributed by atoms with Crippen molar-refractivity contribution in [3.05, 3.63) is 63.7 Å². The first-order valence-electron chi connectivity index (χ1n) is 13.5. The molecule has 2 aliphatic heterocycles. The summed E-state index contributed by atoms with van der Waals surface area (Å²) in [4.78, 5) is 22.9. The Kier molecular flexibility index (Phi) is 6.97. The van der Waals surface area contributed by atoms with Crippen molar-refractivity contribution >= 4 is 11.6 Å². The molecule has 9 heteroatoms. The molecule has 0 saturated heterocycles. The molecule has 1 unspecified atom stereocenters. The Hall–Kier alpha value is -3.72. The number of rotatable bonds is 2. The van der Waals surface area contributed by atoms with E-state index in [0.29, 0.717) is 31.3 Å². The van der Waals surface area contributed by atoms with Crippen LogP contribution in [0.3, 0.4) is 0 Å². The minimum absolute atomic E-state index is 0.131. The van der Waals surface area contributed by atoms with E-state index in [-0.39, 0.29) is 23.2 Å². The second-order valence-electron chi connectivity index (χ2n) is 11.6. The lowest BCUT2D eigenvalue weighted by molar-refractivity contribution is -0.118. The molecule has 0 fully saturated rings. The van der Waals surface area contributed by atoms with Crippen LogP contribution in [0.25, 0.3) is 5.95 Å². The number of Topliss-reactive ketones (excluding diaryl/α,β-unsaturated/α-hetero) is 1. The van der Waals surface area contributed by atoms with Crippen LogP contribution in [0, 0.1) is 26.2 Å². The standard InChI is InChI=1S/C27H29N5O3.C3H8O/c1-14-10-15(2)29-26(28-14)32-25-22(16(3)31-32)23(17-6-7-20-21(11-17)35-9-8-34-20)24-18(30-25)12-27(4,5)13-19(24)33;1-3(2)4/h6-7,10-11,23,30H,8-9,12-13H2,1-5H3;3-4H,1-2H3. The summed E-state index contributed by atoms with van der Waals surface area (Å²) in [6, 6.07) is 7.93. The number of carbonyl (C=O) groups is 1. The van der Waals surface area contributed by atoms with Gasteiger partial charge in [-0.1, -0.05) is 19.9 Å². The summed E-state index contributed by atoms with van der Waals surface area (Å²) < 4.78 is 13.4. The normalized spacial score (nSPS) is 19.1. The van der Waals surface area contributed by atoms with Gasteiger partial charge in [-0.2, -0.15) is 9.78 Å². The number of hydrogen-bond donors (Lipinski definition) is 2. The van der Waals surface area contributed by atoms with Gasteiger partial charge in [-0.25, -0.2) is 9.97 Å². The highest BCUT2D eigenvalue weighted by atomic mass is 16.6. The molecule has 39 heavy (non-hydrogen) atoms. The van der Waals surface area contributed by atoms with Gasteiger partial charge in [-0.3, -0.25) is 4.79 Å². The number of nitrogens with one attached hydrogen (secondary N) is 1. The minimum Gasteiger partial charge on any atom is -0.486 e. The molecule has 6 rings (SSSR count). The predicted octanol–water partition coefficient (Wildman–Crippen LogP) is 4.95. The molecule has 9 nitrogen and oxygen atoms in total. The van der Waals surface area contributed by atoms with Gasteiger partial charge in [-0.05, 0) is 70.2 Å². The number of aromatic nitrogens is 4. The van der Waals surface area contributed by atoms with Crippen LogP contribution >= 0.6 is 0 Å². The van der Waals surface area contributed by atoms with E-state index < -0.39 is 0 Å². The summed E-state index contributed by atoms with van der Waals surface area (Å²) in [5, 5.41) is 16.5. The average molecular weight is 532 g/mol. The Morgan fingerprint density at radius 1 is 1.03 bits per heavy atom. The van der Waals surface area contributed by atoms with Crippen LogP contribution in [0.4, 0.5) is 5.82 Å². The Labute approximate surface area is 229 Å². The third kappa shape index (κ3) is 5.28. The first kappa shape index (κ1) is 26.9. The van der Waals surface area contributed by atoms with Crippen LogP contribution in [0.15, 0.2) is 35.5 Å². The third-order valence-corrected chi connectivity index (χ3v) is 6.93. The summed E-state index contributed by atoms with van der Waals surface area (Å²) >= 11 is 0. The van der Waals surface area contributed by atoms with Crippen molar-refractivity contribution in [3.8, 4) is 17.4 Å². The van der Waals surface area contributed by atoms with E-state index in [1.807, 2.05) is 45.0 Å². The molecule has 2 N–H and O–H groups in total. The van der Waals surface area contributed by atoms with Crippen LogP contribution in [-0.2, 0) is 4.79 Å². The molecule has 4 heterocycles. The number of ketones is 1. The molecule has 1 aliphatic carbocycles. The maximum absolute atomic E-state index is 13.6. The molecule has 206 valence electrons. The first-order valence-corrected chi connectivity index (χ1v) is 13.5. The second-order valence-corrected chi connectivity index (χ2v) is 11.6. The second kappa shape index (κ2) is 10.1. The SMILES string of the molecule is CC(C)O.Cc1cc(C)nc(-n2nc(C)c3c2NC2=C(C(=O)CC(C)(C)C2)C3c2ccc3c(c2)OCCO3)n1. The lowest BCUT2D eigenvalue weighted by Gasteiger charge is -2.38. The van der Waals surface area contributed by atoms with Gasteiger partial charge in [0.25, 0.3) is 5.95 Å². The number of carbonyl (C=O) groups excluding carboxylic acids is 1. The summed E-state index contributed by atoms with van der Waals surface area (Å²) in [7, 11) is 0. The van der Waals surface area contributed by atoms with E-state index in [1.54, 1.807) is 18.5 Å². The molecule has 1 aromatic carbocycles. The topological polar surface area (TPSA) is 111 Å². The highest BCUT2D eigenvalue weighted by molar-refractivity contribution is 6.01. The van der Waals surface area contributed by atoms with Crippen molar-refractivity contribution in [1.29, 1.82) is 0 Å². The number of aliphatic hydroxyl groups is 1. The summed E-state index contributed by atoms with van der Waals surface area (Å²) in [6.45, 7) is 14.7. The van der Waals surface area contributed by atoms with E-state index in [0.717, 1.165) is 57.5 Å². The molecule has 0 spiro atoms. The number of fused-ring (bicyclic) bond motifs is 2. The van der Waals surface area contributed by atoms with Gasteiger partial charge in [0.2, 0.25) is 0 Å². The van der Waals surface area contributed by atoms with Gasteiger partial charge < -0.3 is 19.9 Å². The molecule has 0 amide bonds. The van der Waals surface area contributed by atoms with Crippen molar-refractivity contribution < 1.29 is 19.4 Å². The lowest BCUT2D eigenvalue weighted by atomic mass is 9.69. The Bertz CT molecular complexity index is 1450. The molecular formula is C30H37N5O4. The quantitative estimate of drug-likeness (QED) is 0.478. The third-order valence-electron chi connectivity index (χ3n) is 6.93. The largest absolute Gasteiger partial charge is 0.486 e. The van der Waals surface area contributed by atoms with Gasteiger partial charge in [-0.15, -0.1) is 0 Å². The molecule has 1 atom stereocenters. The molecule has 3 aromatic rings. The van der Waals surface area contributed by atoms with E-state index in [9.17, 15) is 4.79 Å². The first-order chi connectivity index (χ1) is 18.4. The number of aliphatic hydroxyl groups excluding tert-OH is 1. The van der Waals surface area contributed by atoms with Gasteiger partial charge in [0.1, 0.15) is 19.0 Å². The highest BCUT2D eigenvalue weighted by Gasteiger charge is 2.43. The fraction of sp³-hybridized carbons (Fsp3) is 0.467. The van der Waals surface area contributed by atoms with E-state index in [1.165, 1.54) is 0 Å². The van der Waals surface area contributed by atoms with Crippen molar-refractivity contribution in [2.75, 3.05) is 18.5 Å². The number of benzene rings is 1. The van der Waals surface area contributed by atoms with Crippen molar-refractivity contribution in [3.63, 3.8) is 0 Å². The molecule has 3 aliphatic rings. The Balaban J connectivity index is 0.000000723. The van der Waals surface area contributed by atoms with Gasteiger partial charge >= 0.3 is 0 Å². The Morgan fingerprint density at radius 3 is 2.33 bits per heavy atom. The zero-order valence-corrected chi connectivity index (χ0v) is 23.8. The smallest absolute Gasteiger partial charge is 0.252 e. The Morgan fingerprint density at radius 2 is 1.67 bits per heavy atom. The monoisotopic (exact) mass is 531 g/mol. The van der Waals surface area contributed by atoms with Crippen molar-refractivity contribution in [1.82, 2.24) is 19.7 Å². The number of ether oxygens (including phenoxy) is 2. The average Bonchev–Trinajstić information content (AvgIpc) is 3.16. The molecular weight excluding hydrogens is 494 g/mol. The van der Waals surface area contributed by atoms with Gasteiger partial charge in [0.05, 0.1) is 5.69 Å². The van der Waals surface area contributed by atoms with E-state index in [2.05, 4.69) is 29.1 Å². The zero-order chi connectivity index (χ0) is 28.1. The summed E-state index contributed by atoms with van der Waals surface area (Å²) in [5.41, 5.74) is 6.18. The fourth-order valence-electron chi connectivity index (χ4n) is 5.59. The summed E-state index contributed by atoms with van der Waals surface area (Å²) in [6.07, 6.45) is 1.11. The molecule has 0 saturated carbocycles. The highest BCUT2D eigenvalue weighted by Crippen LogP contribution is 2.51. The van der Waals surface area contributed by atoms with E-state index in [4.69, 9.17) is 19.7 Å². The van der Waals surface area contributed by atoms with Gasteiger partial charge in [0.15, 0.2) is 17.3 Å². The van der Waals surface area contributed by atoms with E-state index >= 15 is 0 Å². The fourth-order valence-corrected chi connectivity index (χ4v) is 5.59. The maximum Gasteiger partial charge on any atom is 0.252 e. The number of nitrogens with zero attached hydrogens (tertiary/aromatic N) is 4. The zero-order valence-electron chi connectivity index (χ0n) is 23.8. The van der Waals surface area contributed by atoms with Crippen LogP contribution in [0.5, 0.6) is 11.5 Å². The number of anilines is 1. The maximum atomic E-state index is 13.6. The van der Waals surface area contributed by atoms with Crippen molar-refractivity contribution in [2.24, 2.45) is 5.41 Å². The number of allylic oxidation sites excluding steroid dienone is 2. The van der Waals surface area contributed by atoms with Gasteiger partial charge in [0, 0.05) is 46.7 Å². The molecule has 0 bridgehead atoms. The van der Waals surface area contributed by atoms with Crippen molar-refractivity contribution in [2.45, 2.75) is 73.3 Å². The van der Waals surface area contributed by atoms with Crippen LogP contribution in [0.1, 0.15) is 74.7 Å². The minimum atomic E-state index is -0.264. The molecule has 0 radical (unpaired) electrons. The van der Waals surface area contributed by atoms with Crippen LogP contribution in [0.2, 0.25) is 0 Å². The number of hydrogen-bond acceptors (Lipinski definition) is 8.